The number of carbonyl (C=O) groups is 4. The third-order valence-corrected chi connectivity index (χ3v) is 5.16. The number of hydrogen-bond acceptors (Lipinski definition) is 10. The van der Waals surface area contributed by atoms with Gasteiger partial charge in [0.2, 0.25) is 6.29 Å². The van der Waals surface area contributed by atoms with E-state index in [-0.39, 0.29) is 18.8 Å². The molecule has 2 aromatic carbocycles. The summed E-state index contributed by atoms with van der Waals surface area (Å²) in [6.07, 6.45) is -6.12. The topological polar surface area (TPSA) is 124 Å². The van der Waals surface area contributed by atoms with Gasteiger partial charge in [0, 0.05) is 20.8 Å². The number of benzene rings is 2. The molecule has 5 atom stereocenters. The number of carbonyl (C=O) groups excluding carboxylic acids is 4. The van der Waals surface area contributed by atoms with Crippen LogP contribution in [0.4, 0.5) is 0 Å². The lowest BCUT2D eigenvalue weighted by molar-refractivity contribution is -0.302. The van der Waals surface area contributed by atoms with Crippen molar-refractivity contribution < 1.29 is 47.6 Å². The minimum atomic E-state index is -1.43. The molecule has 1 fully saturated rings. The van der Waals surface area contributed by atoms with Crippen LogP contribution >= 0.6 is 0 Å². The Hall–Kier alpha value is -3.76. The van der Waals surface area contributed by atoms with E-state index in [4.69, 9.17) is 28.4 Å². The number of hydrogen-bond donors (Lipinski definition) is 0. The molecular weight excluding hydrogens is 472 g/mol. The van der Waals surface area contributed by atoms with Crippen LogP contribution in [-0.4, -0.2) is 61.2 Å². The summed E-state index contributed by atoms with van der Waals surface area (Å²) in [6.45, 7) is 3.30. The van der Waals surface area contributed by atoms with Gasteiger partial charge < -0.3 is 28.4 Å². The van der Waals surface area contributed by atoms with E-state index in [9.17, 15) is 19.2 Å². The van der Waals surface area contributed by atoms with Crippen molar-refractivity contribution in [3.05, 3.63) is 71.8 Å². The Morgan fingerprint density at radius 2 is 1.33 bits per heavy atom. The Labute approximate surface area is 208 Å². The molecule has 192 valence electrons. The molecule has 1 heterocycles. The van der Waals surface area contributed by atoms with E-state index in [1.54, 1.807) is 30.3 Å². The van der Waals surface area contributed by atoms with E-state index in [0.29, 0.717) is 0 Å². The Morgan fingerprint density at radius 3 is 1.92 bits per heavy atom. The van der Waals surface area contributed by atoms with Gasteiger partial charge in [0.25, 0.3) is 0 Å². The lowest BCUT2D eigenvalue weighted by Gasteiger charge is -2.44. The highest BCUT2D eigenvalue weighted by atomic mass is 16.7. The summed E-state index contributed by atoms with van der Waals surface area (Å²) in [6, 6.07) is 17.3. The molecule has 36 heavy (non-hydrogen) atoms. The van der Waals surface area contributed by atoms with Gasteiger partial charge in [-0.25, -0.2) is 4.79 Å². The first kappa shape index (κ1) is 26.8. The highest BCUT2D eigenvalue weighted by Crippen LogP contribution is 2.31. The Morgan fingerprint density at radius 1 is 0.722 bits per heavy atom. The molecule has 1 saturated heterocycles. The molecule has 0 aliphatic carbocycles. The van der Waals surface area contributed by atoms with Crippen molar-refractivity contribution in [1.82, 2.24) is 0 Å². The maximum atomic E-state index is 12.9. The first-order valence-electron chi connectivity index (χ1n) is 11.3. The summed E-state index contributed by atoms with van der Waals surface area (Å²) in [5.74, 6) is -2.69. The summed E-state index contributed by atoms with van der Waals surface area (Å²) in [5, 5.41) is 0. The van der Waals surface area contributed by atoms with Gasteiger partial charge in [-0.15, -0.1) is 0 Å². The molecule has 0 N–H and O–H groups in total. The molecule has 0 bridgehead atoms. The van der Waals surface area contributed by atoms with E-state index >= 15 is 0 Å². The molecule has 0 spiro atoms. The molecule has 0 radical (unpaired) electrons. The van der Waals surface area contributed by atoms with Crippen LogP contribution in [0, 0.1) is 0 Å². The van der Waals surface area contributed by atoms with E-state index in [1.165, 1.54) is 20.8 Å². The van der Waals surface area contributed by atoms with Gasteiger partial charge in [-0.3, -0.25) is 14.4 Å². The minimum Gasteiger partial charge on any atom is -0.463 e. The van der Waals surface area contributed by atoms with Crippen LogP contribution in [0.25, 0.3) is 0 Å². The molecule has 1 aliphatic heterocycles. The molecule has 1 aliphatic rings. The van der Waals surface area contributed by atoms with Crippen molar-refractivity contribution >= 4 is 23.9 Å². The molecule has 10 heteroatoms. The zero-order valence-electron chi connectivity index (χ0n) is 20.2. The van der Waals surface area contributed by atoms with Gasteiger partial charge in [0.15, 0.2) is 12.2 Å². The quantitative estimate of drug-likeness (QED) is 0.375. The maximum Gasteiger partial charge on any atom is 0.338 e. The Kier molecular flexibility index (Phi) is 9.54. The van der Waals surface area contributed by atoms with Crippen LogP contribution in [0.5, 0.6) is 0 Å². The second-order valence-electron chi connectivity index (χ2n) is 8.03. The third-order valence-electron chi connectivity index (χ3n) is 5.16. The first-order valence-corrected chi connectivity index (χ1v) is 11.3. The average Bonchev–Trinajstić information content (AvgIpc) is 2.84. The Balaban J connectivity index is 1.97. The fraction of sp³-hybridized carbons (Fsp3) is 0.385. The zero-order chi connectivity index (χ0) is 26.1. The normalized spacial score (nSPS) is 23.2. The van der Waals surface area contributed by atoms with Gasteiger partial charge in [-0.2, -0.15) is 0 Å². The second-order valence-corrected chi connectivity index (χ2v) is 8.03. The van der Waals surface area contributed by atoms with Crippen molar-refractivity contribution in [2.45, 2.75) is 58.1 Å². The minimum absolute atomic E-state index is 0.0513. The lowest BCUT2D eigenvalue weighted by Crippen LogP contribution is -2.62. The Bertz CT molecular complexity index is 1040. The van der Waals surface area contributed by atoms with E-state index in [1.807, 2.05) is 30.3 Å². The summed E-state index contributed by atoms with van der Waals surface area (Å²) in [4.78, 5) is 48.3. The smallest absolute Gasteiger partial charge is 0.338 e. The van der Waals surface area contributed by atoms with Gasteiger partial charge in [0.05, 0.1) is 12.2 Å². The standard InChI is InChI=1S/C26H28O10/c1-16(27)31-15-21-22(33-17(2)28)23(32-14-19-10-6-4-7-11-19)24(26(35-21)34-18(3)29)36-25(30)20-12-8-5-9-13-20/h4-13,21-24,26H,14-15H2,1-3H3/t21-,22-,23-,24+,26?/m0/s1. The van der Waals surface area contributed by atoms with Crippen molar-refractivity contribution in [3.63, 3.8) is 0 Å². The van der Waals surface area contributed by atoms with Crippen molar-refractivity contribution in [2.24, 2.45) is 0 Å². The molecule has 0 saturated carbocycles. The highest BCUT2D eigenvalue weighted by Gasteiger charge is 2.52. The third kappa shape index (κ3) is 7.62. The van der Waals surface area contributed by atoms with Crippen LogP contribution < -0.4 is 0 Å². The van der Waals surface area contributed by atoms with Crippen LogP contribution in [-0.2, 0) is 49.4 Å². The van der Waals surface area contributed by atoms with Gasteiger partial charge in [-0.1, -0.05) is 48.5 Å². The molecule has 0 amide bonds. The SMILES string of the molecule is CC(=O)OC[C@@H]1OC(OC(C)=O)[C@H](OC(=O)c2ccccc2)[C@@H](OCc2ccccc2)[C@H]1OC(C)=O. The number of esters is 4. The summed E-state index contributed by atoms with van der Waals surface area (Å²) in [7, 11) is 0. The summed E-state index contributed by atoms with van der Waals surface area (Å²) >= 11 is 0. The fourth-order valence-corrected chi connectivity index (χ4v) is 3.65. The van der Waals surface area contributed by atoms with Crippen LogP contribution in [0.15, 0.2) is 60.7 Å². The number of rotatable bonds is 9. The van der Waals surface area contributed by atoms with Crippen molar-refractivity contribution in [3.8, 4) is 0 Å². The van der Waals surface area contributed by atoms with Gasteiger partial charge in [-0.05, 0) is 17.7 Å². The van der Waals surface area contributed by atoms with E-state index < -0.39 is 54.6 Å². The van der Waals surface area contributed by atoms with Gasteiger partial charge >= 0.3 is 23.9 Å². The molecule has 10 nitrogen and oxygen atoms in total. The zero-order valence-corrected chi connectivity index (χ0v) is 20.2. The van der Waals surface area contributed by atoms with E-state index in [0.717, 1.165) is 5.56 Å². The van der Waals surface area contributed by atoms with E-state index in [2.05, 4.69) is 0 Å². The second kappa shape index (κ2) is 12.8. The maximum absolute atomic E-state index is 12.9. The molecule has 1 unspecified atom stereocenters. The predicted molar refractivity (Wildman–Crippen MR) is 123 cm³/mol. The van der Waals surface area contributed by atoms with Crippen LogP contribution in [0.2, 0.25) is 0 Å². The molecule has 3 rings (SSSR count). The molecular formula is C26H28O10. The van der Waals surface area contributed by atoms with Crippen molar-refractivity contribution in [2.75, 3.05) is 6.61 Å². The summed E-state index contributed by atoms with van der Waals surface area (Å²) in [5.41, 5.74) is 1.03. The van der Waals surface area contributed by atoms with Crippen molar-refractivity contribution in [1.29, 1.82) is 0 Å². The lowest BCUT2D eigenvalue weighted by atomic mass is 9.98. The van der Waals surface area contributed by atoms with Gasteiger partial charge in [0.1, 0.15) is 18.8 Å². The largest absolute Gasteiger partial charge is 0.463 e. The average molecular weight is 501 g/mol. The van der Waals surface area contributed by atoms with Crippen LogP contribution in [0.1, 0.15) is 36.7 Å². The monoisotopic (exact) mass is 500 g/mol. The molecule has 2 aromatic rings. The fourth-order valence-electron chi connectivity index (χ4n) is 3.65. The van der Waals surface area contributed by atoms with Crippen LogP contribution in [0.3, 0.4) is 0 Å². The predicted octanol–water partition coefficient (Wildman–Crippen LogP) is 2.58. The summed E-state index contributed by atoms with van der Waals surface area (Å²) < 4.78 is 33.6. The number of ether oxygens (including phenoxy) is 6. The highest BCUT2D eigenvalue weighted by molar-refractivity contribution is 5.89. The first-order chi connectivity index (χ1) is 17.2. The molecule has 0 aromatic heterocycles.